The van der Waals surface area contributed by atoms with Crippen LogP contribution < -0.4 is 4.74 Å². The molecule has 23 heavy (non-hydrogen) atoms. The lowest BCUT2D eigenvalue weighted by atomic mass is 10.1. The summed E-state index contributed by atoms with van der Waals surface area (Å²) in [5, 5.41) is 18.6. The van der Waals surface area contributed by atoms with Gasteiger partial charge < -0.3 is 9.47 Å². The highest BCUT2D eigenvalue weighted by Crippen LogP contribution is 2.27. The maximum absolute atomic E-state index is 8.94. The number of benzene rings is 2. The second-order valence-corrected chi connectivity index (χ2v) is 5.08. The molecule has 0 aliphatic rings. The molecule has 0 aromatic heterocycles. The second-order valence-electron chi connectivity index (χ2n) is 4.67. The fourth-order valence-electron chi connectivity index (χ4n) is 1.98. The fraction of sp³-hybridized carbons (Fsp3) is 0.111. The van der Waals surface area contributed by atoms with E-state index in [9.17, 15) is 0 Å². The third-order valence-corrected chi connectivity index (χ3v) is 3.56. The van der Waals surface area contributed by atoms with Crippen molar-refractivity contribution < 1.29 is 9.47 Å². The molecule has 2 aromatic rings. The molecule has 2 rings (SSSR count). The molecule has 0 fully saturated rings. The van der Waals surface area contributed by atoms with Gasteiger partial charge in [-0.25, -0.2) is 0 Å². The molecule has 0 aliphatic heterocycles. The number of methoxy groups -OCH3 is 1. The van der Waals surface area contributed by atoms with Gasteiger partial charge >= 0.3 is 0 Å². The van der Waals surface area contributed by atoms with E-state index in [1.807, 2.05) is 25.1 Å². The lowest BCUT2D eigenvalue weighted by molar-refractivity contribution is 0.368. The van der Waals surface area contributed by atoms with Crippen LogP contribution in [-0.2, 0) is 4.74 Å². The summed E-state index contributed by atoms with van der Waals surface area (Å²) in [6.45, 7) is 1.90. The predicted molar refractivity (Wildman–Crippen MR) is 87.9 cm³/mol. The summed E-state index contributed by atoms with van der Waals surface area (Å²) >= 11 is 5.99. The Morgan fingerprint density at radius 3 is 2.13 bits per heavy atom. The second kappa shape index (κ2) is 7.35. The van der Waals surface area contributed by atoms with Crippen LogP contribution in [-0.4, -0.2) is 7.11 Å². The minimum atomic E-state index is -0.0745. The highest BCUT2D eigenvalue weighted by Gasteiger charge is 2.10. The molecule has 5 heteroatoms. The maximum atomic E-state index is 8.94. The largest absolute Gasteiger partial charge is 0.494 e. The maximum Gasteiger partial charge on any atom is 0.172 e. The van der Waals surface area contributed by atoms with Gasteiger partial charge in [0, 0.05) is 10.6 Å². The molecule has 114 valence electrons. The number of halogens is 1. The van der Waals surface area contributed by atoms with E-state index in [0.29, 0.717) is 22.1 Å². The van der Waals surface area contributed by atoms with E-state index in [1.54, 1.807) is 36.4 Å². The molecule has 4 nitrogen and oxygen atoms in total. The Hall–Kier alpha value is -2.95. The topological polar surface area (TPSA) is 66.0 Å². The monoisotopic (exact) mass is 324 g/mol. The van der Waals surface area contributed by atoms with Crippen LogP contribution in [0.3, 0.4) is 0 Å². The Kier molecular flexibility index (Phi) is 5.25. The Labute approximate surface area is 139 Å². The summed E-state index contributed by atoms with van der Waals surface area (Å²) in [5.41, 5.74) is 1.48. The molecule has 0 spiro atoms. The van der Waals surface area contributed by atoms with E-state index >= 15 is 0 Å². The normalized spacial score (nSPS) is 9.43. The van der Waals surface area contributed by atoms with Crippen molar-refractivity contribution in [3.63, 3.8) is 0 Å². The van der Waals surface area contributed by atoms with Crippen LogP contribution in [0.25, 0.3) is 5.76 Å². The first-order chi connectivity index (χ1) is 11.1. The van der Waals surface area contributed by atoms with Crippen LogP contribution in [0, 0.1) is 29.6 Å². The number of allylic oxidation sites excluding steroid dienone is 1. The zero-order valence-electron chi connectivity index (χ0n) is 12.6. The van der Waals surface area contributed by atoms with Crippen LogP contribution >= 0.6 is 11.6 Å². The highest BCUT2D eigenvalue weighted by atomic mass is 35.5. The van der Waals surface area contributed by atoms with Gasteiger partial charge in [-0.1, -0.05) is 11.6 Å². The first-order valence-corrected chi connectivity index (χ1v) is 7.09. The number of hydrogen-bond donors (Lipinski definition) is 0. The first-order valence-electron chi connectivity index (χ1n) is 6.72. The van der Waals surface area contributed by atoms with Crippen molar-refractivity contribution in [3.8, 4) is 23.6 Å². The average Bonchev–Trinajstić information content (AvgIpc) is 2.57. The summed E-state index contributed by atoms with van der Waals surface area (Å²) < 4.78 is 10.9. The molecule has 0 N–H and O–H groups in total. The molecule has 0 amide bonds. The van der Waals surface area contributed by atoms with Gasteiger partial charge in [0.1, 0.15) is 23.6 Å². The van der Waals surface area contributed by atoms with Gasteiger partial charge in [-0.3, -0.25) is 0 Å². The van der Waals surface area contributed by atoms with E-state index in [-0.39, 0.29) is 11.3 Å². The molecule has 2 aromatic carbocycles. The van der Waals surface area contributed by atoms with Crippen molar-refractivity contribution in [3.05, 3.63) is 64.2 Å². The van der Waals surface area contributed by atoms with Gasteiger partial charge in [-0.05, 0) is 55.0 Å². The van der Waals surface area contributed by atoms with Gasteiger partial charge in [-0.2, -0.15) is 10.5 Å². The number of aryl methyl sites for hydroxylation is 1. The van der Waals surface area contributed by atoms with Crippen molar-refractivity contribution in [1.29, 1.82) is 10.5 Å². The summed E-state index contributed by atoms with van der Waals surface area (Å²) in [4.78, 5) is 0. The molecule has 0 aliphatic carbocycles. The highest BCUT2D eigenvalue weighted by molar-refractivity contribution is 6.31. The van der Waals surface area contributed by atoms with Crippen molar-refractivity contribution >= 4 is 17.4 Å². The Balaban J connectivity index is 2.26. The Morgan fingerprint density at radius 1 is 1.00 bits per heavy atom. The molecule has 0 saturated heterocycles. The summed E-state index contributed by atoms with van der Waals surface area (Å²) in [6.07, 6.45) is 0. The molecule has 0 saturated carbocycles. The third-order valence-electron chi connectivity index (χ3n) is 3.14. The number of nitrogens with zero attached hydrogens (tertiary/aromatic N) is 2. The van der Waals surface area contributed by atoms with E-state index in [1.165, 1.54) is 7.11 Å². The van der Waals surface area contributed by atoms with E-state index in [4.69, 9.17) is 31.6 Å². The quantitative estimate of drug-likeness (QED) is 0.596. The number of ether oxygens (including phenoxy) is 2. The van der Waals surface area contributed by atoms with Gasteiger partial charge in [0.2, 0.25) is 0 Å². The minimum absolute atomic E-state index is 0.0745. The fourth-order valence-corrected chi connectivity index (χ4v) is 2.10. The molecule has 0 unspecified atom stereocenters. The molecule has 0 atom stereocenters. The van der Waals surface area contributed by atoms with Gasteiger partial charge in [0.05, 0.1) is 7.11 Å². The first kappa shape index (κ1) is 16.4. The summed E-state index contributed by atoms with van der Waals surface area (Å²) in [6, 6.07) is 16.0. The van der Waals surface area contributed by atoms with Gasteiger partial charge in [-0.15, -0.1) is 0 Å². The SMILES string of the molecule is COC(=C(C#N)C#N)c1ccc(Oc2ccc(Cl)c(C)c2)cc1. The summed E-state index contributed by atoms with van der Waals surface area (Å²) in [7, 11) is 1.42. The van der Waals surface area contributed by atoms with Crippen LogP contribution in [0.2, 0.25) is 5.02 Å². The van der Waals surface area contributed by atoms with Crippen LogP contribution in [0.1, 0.15) is 11.1 Å². The van der Waals surface area contributed by atoms with Crippen molar-refractivity contribution in [2.75, 3.05) is 7.11 Å². The Bertz CT molecular complexity index is 812. The zero-order valence-corrected chi connectivity index (χ0v) is 13.4. The predicted octanol–water partition coefficient (Wildman–Crippen LogP) is 4.85. The molecule has 0 radical (unpaired) electrons. The molecular weight excluding hydrogens is 312 g/mol. The summed E-state index contributed by atoms with van der Waals surface area (Å²) in [5.74, 6) is 1.54. The van der Waals surface area contributed by atoms with E-state index < -0.39 is 0 Å². The Morgan fingerprint density at radius 2 is 1.61 bits per heavy atom. The third kappa shape index (κ3) is 3.83. The van der Waals surface area contributed by atoms with Crippen LogP contribution in [0.15, 0.2) is 48.0 Å². The lowest BCUT2D eigenvalue weighted by Gasteiger charge is -2.09. The van der Waals surface area contributed by atoms with Gasteiger partial charge in [0.15, 0.2) is 11.3 Å². The number of hydrogen-bond acceptors (Lipinski definition) is 4. The molecule has 0 heterocycles. The smallest absolute Gasteiger partial charge is 0.172 e. The van der Waals surface area contributed by atoms with Crippen LogP contribution in [0.4, 0.5) is 0 Å². The molecular formula is C18H13ClN2O2. The zero-order chi connectivity index (χ0) is 16.8. The van der Waals surface area contributed by atoms with Crippen molar-refractivity contribution in [2.24, 2.45) is 0 Å². The van der Waals surface area contributed by atoms with E-state index in [0.717, 1.165) is 5.56 Å². The van der Waals surface area contributed by atoms with Crippen molar-refractivity contribution in [2.45, 2.75) is 6.92 Å². The van der Waals surface area contributed by atoms with E-state index in [2.05, 4.69) is 0 Å². The van der Waals surface area contributed by atoms with Gasteiger partial charge in [0.25, 0.3) is 0 Å². The number of nitriles is 2. The number of rotatable bonds is 4. The van der Waals surface area contributed by atoms with Crippen LogP contribution in [0.5, 0.6) is 11.5 Å². The standard InChI is InChI=1S/C18H13ClN2O2/c1-12-9-16(7-8-17(12)19)23-15-5-3-13(4-6-15)18(22-2)14(10-20)11-21/h3-9H,1-2H3. The molecule has 0 bridgehead atoms. The van der Waals surface area contributed by atoms with Crippen molar-refractivity contribution in [1.82, 2.24) is 0 Å². The average molecular weight is 325 g/mol. The minimum Gasteiger partial charge on any atom is -0.494 e. The lowest BCUT2D eigenvalue weighted by Crippen LogP contribution is -1.92.